The number of aromatic nitrogens is 4. The average Bonchev–Trinajstić information content (AvgIpc) is 3.21. The highest BCUT2D eigenvalue weighted by atomic mass is 19.3. The van der Waals surface area contributed by atoms with E-state index in [-0.39, 0.29) is 18.3 Å². The van der Waals surface area contributed by atoms with Gasteiger partial charge in [-0.25, -0.2) is 9.67 Å². The molecule has 0 spiro atoms. The Balaban J connectivity index is 1.81. The van der Waals surface area contributed by atoms with Gasteiger partial charge in [-0.15, -0.1) is 0 Å². The van der Waals surface area contributed by atoms with E-state index in [0.717, 1.165) is 10.3 Å². The number of para-hydroxylation sites is 1. The maximum atomic E-state index is 12.9. The Bertz CT molecular complexity index is 872. The van der Waals surface area contributed by atoms with Crippen molar-refractivity contribution in [2.45, 2.75) is 20.0 Å². The van der Waals surface area contributed by atoms with Gasteiger partial charge in [0.05, 0.1) is 29.7 Å². The number of benzene rings is 1. The highest BCUT2D eigenvalue weighted by Gasteiger charge is 2.21. The summed E-state index contributed by atoms with van der Waals surface area (Å²) in [4.78, 5) is 17.9. The van der Waals surface area contributed by atoms with Crippen LogP contribution in [0.25, 0.3) is 5.69 Å². The number of alkyl halides is 2. The molecule has 0 atom stereocenters. The minimum atomic E-state index is -2.69. The maximum absolute atomic E-state index is 12.9. The smallest absolute Gasteiger partial charge is 0.319 e. The summed E-state index contributed by atoms with van der Waals surface area (Å²) in [6, 6.07) is 9.44. The van der Waals surface area contributed by atoms with Crippen LogP contribution >= 0.6 is 0 Å². The second-order valence-electron chi connectivity index (χ2n) is 5.58. The summed E-state index contributed by atoms with van der Waals surface area (Å²) in [5.74, 6) is -0.178. The van der Waals surface area contributed by atoms with E-state index in [4.69, 9.17) is 0 Å². The minimum absolute atomic E-state index is 0.0217. The van der Waals surface area contributed by atoms with Crippen molar-refractivity contribution in [3.63, 3.8) is 0 Å². The quantitative estimate of drug-likeness (QED) is 0.714. The molecule has 3 aromatic rings. The maximum Gasteiger partial charge on any atom is 0.319 e. The summed E-state index contributed by atoms with van der Waals surface area (Å²) in [5, 5.41) is 4.26. The fourth-order valence-electron chi connectivity index (χ4n) is 2.58. The first-order chi connectivity index (χ1) is 12.0. The molecule has 0 saturated carbocycles. The van der Waals surface area contributed by atoms with Crippen molar-refractivity contribution in [2.24, 2.45) is 0 Å². The van der Waals surface area contributed by atoms with E-state index in [2.05, 4.69) is 10.1 Å². The van der Waals surface area contributed by atoms with Gasteiger partial charge in [0, 0.05) is 19.4 Å². The number of amides is 1. The summed E-state index contributed by atoms with van der Waals surface area (Å²) in [5.41, 5.74) is 1.94. The van der Waals surface area contributed by atoms with Gasteiger partial charge in [-0.1, -0.05) is 18.2 Å². The van der Waals surface area contributed by atoms with Crippen LogP contribution in [0.2, 0.25) is 0 Å². The molecule has 0 aliphatic carbocycles. The zero-order valence-electron chi connectivity index (χ0n) is 13.8. The van der Waals surface area contributed by atoms with Crippen LogP contribution in [-0.2, 0) is 6.54 Å². The fraction of sp³-hybridized carbons (Fsp3) is 0.235. The van der Waals surface area contributed by atoms with Crippen LogP contribution in [0.5, 0.6) is 0 Å². The van der Waals surface area contributed by atoms with E-state index in [9.17, 15) is 13.6 Å². The minimum Gasteiger partial charge on any atom is -0.334 e. The standard InChI is InChI=1S/C17H17F2N5O/c1-12-14(10-21-24(12)13-6-4-3-5-7-13)16(25)22(2)11-15-20-8-9-23(15)17(18)19/h3-10,17H,11H2,1-2H3. The Morgan fingerprint density at radius 2 is 2.00 bits per heavy atom. The van der Waals surface area contributed by atoms with E-state index >= 15 is 0 Å². The van der Waals surface area contributed by atoms with Crippen molar-refractivity contribution in [1.29, 1.82) is 0 Å². The zero-order chi connectivity index (χ0) is 18.0. The van der Waals surface area contributed by atoms with E-state index in [1.54, 1.807) is 18.7 Å². The van der Waals surface area contributed by atoms with Crippen molar-refractivity contribution < 1.29 is 13.6 Å². The molecule has 0 radical (unpaired) electrons. The number of hydrogen-bond acceptors (Lipinski definition) is 3. The third-order valence-electron chi connectivity index (χ3n) is 3.93. The van der Waals surface area contributed by atoms with Gasteiger partial charge in [0.15, 0.2) is 0 Å². The predicted molar refractivity (Wildman–Crippen MR) is 87.6 cm³/mol. The van der Waals surface area contributed by atoms with E-state index in [0.29, 0.717) is 11.3 Å². The third-order valence-corrected chi connectivity index (χ3v) is 3.93. The molecule has 0 aliphatic rings. The monoisotopic (exact) mass is 345 g/mol. The molecule has 1 amide bonds. The topological polar surface area (TPSA) is 56.0 Å². The lowest BCUT2D eigenvalue weighted by Crippen LogP contribution is -2.28. The van der Waals surface area contributed by atoms with E-state index in [1.165, 1.54) is 23.5 Å². The second kappa shape index (κ2) is 6.84. The first kappa shape index (κ1) is 16.8. The largest absolute Gasteiger partial charge is 0.334 e. The van der Waals surface area contributed by atoms with Crippen molar-refractivity contribution in [3.05, 3.63) is 66.0 Å². The van der Waals surface area contributed by atoms with Crippen molar-refractivity contribution in [1.82, 2.24) is 24.2 Å². The lowest BCUT2D eigenvalue weighted by molar-refractivity contribution is 0.0612. The molecular weight excluding hydrogens is 328 g/mol. The van der Waals surface area contributed by atoms with Gasteiger partial charge in [0.2, 0.25) is 0 Å². The number of carbonyl (C=O) groups is 1. The lowest BCUT2D eigenvalue weighted by atomic mass is 10.2. The number of carbonyl (C=O) groups excluding carboxylic acids is 1. The molecule has 2 aromatic heterocycles. The van der Waals surface area contributed by atoms with Crippen LogP contribution < -0.4 is 0 Å². The molecule has 2 heterocycles. The number of halogens is 2. The Kier molecular flexibility index (Phi) is 4.60. The van der Waals surface area contributed by atoms with Gasteiger partial charge >= 0.3 is 6.55 Å². The van der Waals surface area contributed by atoms with Crippen molar-refractivity contribution in [3.8, 4) is 5.69 Å². The van der Waals surface area contributed by atoms with Crippen LogP contribution in [0.15, 0.2) is 48.9 Å². The molecule has 6 nitrogen and oxygen atoms in total. The Morgan fingerprint density at radius 1 is 1.28 bits per heavy atom. The third kappa shape index (κ3) is 3.28. The lowest BCUT2D eigenvalue weighted by Gasteiger charge is -2.17. The average molecular weight is 345 g/mol. The summed E-state index contributed by atoms with van der Waals surface area (Å²) in [7, 11) is 1.55. The summed E-state index contributed by atoms with van der Waals surface area (Å²) in [6.45, 7) is -0.920. The highest BCUT2D eigenvalue weighted by molar-refractivity contribution is 5.95. The van der Waals surface area contributed by atoms with Crippen LogP contribution in [0, 0.1) is 6.92 Å². The molecule has 0 saturated heterocycles. The Morgan fingerprint density at radius 3 is 2.68 bits per heavy atom. The second-order valence-corrected chi connectivity index (χ2v) is 5.58. The Labute approximate surface area is 143 Å². The zero-order valence-corrected chi connectivity index (χ0v) is 13.8. The molecule has 0 fully saturated rings. The van der Waals surface area contributed by atoms with Gasteiger partial charge in [-0.3, -0.25) is 9.36 Å². The van der Waals surface area contributed by atoms with Gasteiger partial charge in [-0.05, 0) is 19.1 Å². The molecule has 1 aromatic carbocycles. The van der Waals surface area contributed by atoms with Crippen molar-refractivity contribution >= 4 is 5.91 Å². The van der Waals surface area contributed by atoms with E-state index in [1.807, 2.05) is 30.3 Å². The van der Waals surface area contributed by atoms with Crippen molar-refractivity contribution in [2.75, 3.05) is 7.05 Å². The first-order valence-corrected chi connectivity index (χ1v) is 7.64. The molecule has 8 heteroatoms. The van der Waals surface area contributed by atoms with Gasteiger partial charge in [-0.2, -0.15) is 13.9 Å². The molecule has 0 aliphatic heterocycles. The van der Waals surface area contributed by atoms with E-state index < -0.39 is 6.55 Å². The molecule has 130 valence electrons. The van der Waals surface area contributed by atoms with Gasteiger partial charge in [0.25, 0.3) is 5.91 Å². The fourth-order valence-corrected chi connectivity index (χ4v) is 2.58. The molecule has 25 heavy (non-hydrogen) atoms. The van der Waals surface area contributed by atoms with Gasteiger partial charge in [0.1, 0.15) is 5.82 Å². The van der Waals surface area contributed by atoms with Crippen LogP contribution in [0.3, 0.4) is 0 Å². The van der Waals surface area contributed by atoms with Crippen LogP contribution in [-0.4, -0.2) is 37.2 Å². The summed E-state index contributed by atoms with van der Waals surface area (Å²) in [6.07, 6.45) is 3.97. The van der Waals surface area contributed by atoms with Crippen LogP contribution in [0.1, 0.15) is 28.4 Å². The SMILES string of the molecule is Cc1c(C(=O)N(C)Cc2nccn2C(F)F)cnn1-c1ccccc1. The number of imidazole rings is 1. The number of hydrogen-bond donors (Lipinski definition) is 0. The summed E-state index contributed by atoms with van der Waals surface area (Å²) >= 11 is 0. The molecule has 0 N–H and O–H groups in total. The summed E-state index contributed by atoms with van der Waals surface area (Å²) < 4.78 is 28.2. The number of nitrogens with zero attached hydrogens (tertiary/aromatic N) is 5. The number of rotatable bonds is 5. The Hall–Kier alpha value is -3.03. The molecule has 0 bridgehead atoms. The predicted octanol–water partition coefficient (Wildman–Crippen LogP) is 3.04. The molecule has 0 unspecified atom stereocenters. The van der Waals surface area contributed by atoms with Crippen LogP contribution in [0.4, 0.5) is 8.78 Å². The normalized spacial score (nSPS) is 11.1. The highest BCUT2D eigenvalue weighted by Crippen LogP contribution is 2.17. The molecular formula is C17H17F2N5O. The van der Waals surface area contributed by atoms with Gasteiger partial charge < -0.3 is 4.90 Å². The first-order valence-electron chi connectivity index (χ1n) is 7.64. The molecule has 3 rings (SSSR count).